The first-order chi connectivity index (χ1) is 8.26. The van der Waals surface area contributed by atoms with Gasteiger partial charge < -0.3 is 9.73 Å². The highest BCUT2D eigenvalue weighted by Crippen LogP contribution is 2.30. The fourth-order valence-corrected chi connectivity index (χ4v) is 2.82. The van der Waals surface area contributed by atoms with E-state index in [1.807, 2.05) is 13.0 Å². The second-order valence-corrected chi connectivity index (χ2v) is 4.86. The lowest BCUT2D eigenvalue weighted by Gasteiger charge is -2.10. The van der Waals surface area contributed by atoms with Gasteiger partial charge in [0.2, 0.25) is 0 Å². The smallest absolute Gasteiger partial charge is 0.151 e. The van der Waals surface area contributed by atoms with E-state index < -0.39 is 0 Å². The van der Waals surface area contributed by atoms with Crippen LogP contribution in [0.2, 0.25) is 0 Å². The highest BCUT2D eigenvalue weighted by atomic mass is 32.1. The van der Waals surface area contributed by atoms with Crippen LogP contribution in [0.3, 0.4) is 0 Å². The Morgan fingerprint density at radius 1 is 1.41 bits per heavy atom. The molecule has 92 valence electrons. The van der Waals surface area contributed by atoms with Gasteiger partial charge in [-0.1, -0.05) is 25.2 Å². The quantitative estimate of drug-likeness (QED) is 0.886. The first-order valence-corrected chi connectivity index (χ1v) is 6.69. The van der Waals surface area contributed by atoms with Crippen LogP contribution in [0.5, 0.6) is 0 Å². The summed E-state index contributed by atoms with van der Waals surface area (Å²) in [6, 6.07) is 2.24. The largest absolute Gasteiger partial charge is 0.469 e. The zero-order valence-corrected chi connectivity index (χ0v) is 11.2. The third-order valence-electron chi connectivity index (χ3n) is 2.69. The van der Waals surface area contributed by atoms with Crippen molar-refractivity contribution in [3.63, 3.8) is 0 Å². The third kappa shape index (κ3) is 2.56. The van der Waals surface area contributed by atoms with Crippen molar-refractivity contribution in [3.05, 3.63) is 23.1 Å². The first kappa shape index (κ1) is 12.3. The average Bonchev–Trinajstić information content (AvgIpc) is 2.94. The molecular weight excluding hydrogens is 234 g/mol. The molecule has 0 amide bonds. The van der Waals surface area contributed by atoms with E-state index >= 15 is 0 Å². The summed E-state index contributed by atoms with van der Waals surface area (Å²) in [6.07, 6.45) is 2.71. The summed E-state index contributed by atoms with van der Waals surface area (Å²) in [7, 11) is 0. The van der Waals surface area contributed by atoms with Crippen LogP contribution in [-0.2, 0) is 0 Å². The minimum atomic E-state index is 0.304. The molecule has 0 aromatic carbocycles. The lowest BCUT2D eigenvalue weighted by Crippen LogP contribution is -2.19. The first-order valence-electron chi connectivity index (χ1n) is 5.87. The molecule has 0 spiro atoms. The van der Waals surface area contributed by atoms with Gasteiger partial charge in [-0.05, 0) is 26.0 Å². The number of nitrogens with one attached hydrogen (secondary N) is 1. The number of rotatable bonds is 5. The molecule has 0 aliphatic heterocycles. The molecular formula is C12H17N3OS. The summed E-state index contributed by atoms with van der Waals surface area (Å²) in [5.74, 6) is 0.893. The van der Waals surface area contributed by atoms with E-state index in [0.29, 0.717) is 6.04 Å². The van der Waals surface area contributed by atoms with Crippen molar-refractivity contribution in [1.29, 1.82) is 0 Å². The number of hydrogen-bond donors (Lipinski definition) is 1. The summed E-state index contributed by atoms with van der Waals surface area (Å²) in [6.45, 7) is 7.14. The van der Waals surface area contributed by atoms with Crippen LogP contribution in [0.25, 0.3) is 10.6 Å². The maximum atomic E-state index is 5.29. The maximum absolute atomic E-state index is 5.29. The Hall–Kier alpha value is -1.20. The van der Waals surface area contributed by atoms with E-state index in [2.05, 4.69) is 29.4 Å². The van der Waals surface area contributed by atoms with Gasteiger partial charge in [-0.15, -0.1) is 10.2 Å². The topological polar surface area (TPSA) is 51.0 Å². The fourth-order valence-electron chi connectivity index (χ4n) is 1.74. The lowest BCUT2D eigenvalue weighted by atomic mass is 10.2. The molecule has 2 heterocycles. The van der Waals surface area contributed by atoms with Crippen LogP contribution in [0.15, 0.2) is 16.7 Å². The van der Waals surface area contributed by atoms with Crippen molar-refractivity contribution < 1.29 is 4.42 Å². The molecule has 17 heavy (non-hydrogen) atoms. The number of nitrogens with zero attached hydrogens (tertiary/aromatic N) is 2. The van der Waals surface area contributed by atoms with E-state index in [0.717, 1.165) is 34.3 Å². The Balaban J connectivity index is 2.24. The SMILES string of the molecule is CCNC(CC)c1nnc(-c2ccoc2C)s1. The van der Waals surface area contributed by atoms with Crippen molar-refractivity contribution in [3.8, 4) is 10.6 Å². The van der Waals surface area contributed by atoms with Gasteiger partial charge in [-0.25, -0.2) is 0 Å². The normalized spacial score (nSPS) is 12.9. The number of aryl methyl sites for hydroxylation is 1. The minimum Gasteiger partial charge on any atom is -0.469 e. The zero-order chi connectivity index (χ0) is 12.3. The van der Waals surface area contributed by atoms with Gasteiger partial charge in [0.1, 0.15) is 10.8 Å². The third-order valence-corrected chi connectivity index (χ3v) is 3.76. The summed E-state index contributed by atoms with van der Waals surface area (Å²) in [4.78, 5) is 0. The van der Waals surface area contributed by atoms with Crippen LogP contribution >= 0.6 is 11.3 Å². The number of furan rings is 1. The summed E-state index contributed by atoms with van der Waals surface area (Å²) in [5, 5.41) is 13.9. The van der Waals surface area contributed by atoms with E-state index in [-0.39, 0.29) is 0 Å². The van der Waals surface area contributed by atoms with Gasteiger partial charge in [0, 0.05) is 0 Å². The predicted molar refractivity (Wildman–Crippen MR) is 69.1 cm³/mol. The number of hydrogen-bond acceptors (Lipinski definition) is 5. The molecule has 5 heteroatoms. The molecule has 4 nitrogen and oxygen atoms in total. The van der Waals surface area contributed by atoms with Crippen LogP contribution in [0.4, 0.5) is 0 Å². The van der Waals surface area contributed by atoms with E-state index in [1.54, 1.807) is 17.6 Å². The summed E-state index contributed by atoms with van der Waals surface area (Å²) >= 11 is 1.63. The molecule has 0 bridgehead atoms. The van der Waals surface area contributed by atoms with Crippen LogP contribution in [-0.4, -0.2) is 16.7 Å². The van der Waals surface area contributed by atoms with Crippen LogP contribution in [0.1, 0.15) is 37.1 Å². The van der Waals surface area contributed by atoms with Gasteiger partial charge in [0.15, 0.2) is 5.01 Å². The van der Waals surface area contributed by atoms with Crippen molar-refractivity contribution in [2.24, 2.45) is 0 Å². The fraction of sp³-hybridized carbons (Fsp3) is 0.500. The molecule has 0 aliphatic rings. The molecule has 1 unspecified atom stereocenters. The Morgan fingerprint density at radius 2 is 2.24 bits per heavy atom. The number of aromatic nitrogens is 2. The van der Waals surface area contributed by atoms with Gasteiger partial charge in [-0.3, -0.25) is 0 Å². The van der Waals surface area contributed by atoms with Gasteiger partial charge in [0.05, 0.1) is 17.9 Å². The van der Waals surface area contributed by atoms with E-state index in [1.165, 1.54) is 0 Å². The molecule has 0 saturated heterocycles. The molecule has 0 fully saturated rings. The van der Waals surface area contributed by atoms with Gasteiger partial charge in [0.25, 0.3) is 0 Å². The molecule has 1 N–H and O–H groups in total. The summed E-state index contributed by atoms with van der Waals surface area (Å²) < 4.78 is 5.29. The van der Waals surface area contributed by atoms with Crippen LogP contribution in [0, 0.1) is 6.92 Å². The molecule has 2 rings (SSSR count). The van der Waals surface area contributed by atoms with Crippen molar-refractivity contribution in [2.45, 2.75) is 33.2 Å². The predicted octanol–water partition coefficient (Wildman–Crippen LogP) is 3.17. The molecule has 2 aromatic heterocycles. The highest BCUT2D eigenvalue weighted by molar-refractivity contribution is 7.14. The van der Waals surface area contributed by atoms with Crippen molar-refractivity contribution >= 4 is 11.3 Å². The van der Waals surface area contributed by atoms with E-state index in [9.17, 15) is 0 Å². The van der Waals surface area contributed by atoms with Gasteiger partial charge in [-0.2, -0.15) is 0 Å². The molecule has 0 saturated carbocycles. The Morgan fingerprint density at radius 3 is 2.82 bits per heavy atom. The second kappa shape index (κ2) is 5.42. The average molecular weight is 251 g/mol. The lowest BCUT2D eigenvalue weighted by molar-refractivity contribution is 0.531. The Kier molecular flexibility index (Phi) is 3.91. The zero-order valence-electron chi connectivity index (χ0n) is 10.4. The second-order valence-electron chi connectivity index (χ2n) is 3.85. The molecule has 1 atom stereocenters. The monoisotopic (exact) mass is 251 g/mol. The minimum absolute atomic E-state index is 0.304. The van der Waals surface area contributed by atoms with E-state index in [4.69, 9.17) is 4.42 Å². The molecule has 0 radical (unpaired) electrons. The van der Waals surface area contributed by atoms with Crippen molar-refractivity contribution in [2.75, 3.05) is 6.54 Å². The van der Waals surface area contributed by atoms with Gasteiger partial charge >= 0.3 is 0 Å². The summed E-state index contributed by atoms with van der Waals surface area (Å²) in [5.41, 5.74) is 1.04. The van der Waals surface area contributed by atoms with Crippen LogP contribution < -0.4 is 5.32 Å². The highest BCUT2D eigenvalue weighted by Gasteiger charge is 2.16. The Bertz CT molecular complexity index is 478. The molecule has 2 aromatic rings. The molecule has 0 aliphatic carbocycles. The standard InChI is InChI=1S/C12H17N3OS/c1-4-10(13-5-2)12-15-14-11(17-12)9-6-7-16-8(9)3/h6-7,10,13H,4-5H2,1-3H3. The Labute approximate surface area is 105 Å². The maximum Gasteiger partial charge on any atom is 0.151 e. The van der Waals surface area contributed by atoms with Crippen molar-refractivity contribution in [1.82, 2.24) is 15.5 Å².